The number of hydrogen-bond donors (Lipinski definition) is 1. The lowest BCUT2D eigenvalue weighted by Crippen LogP contribution is -2.51. The van der Waals surface area contributed by atoms with E-state index in [9.17, 15) is 9.59 Å². The van der Waals surface area contributed by atoms with Crippen molar-refractivity contribution in [3.8, 4) is 10.6 Å². The second-order valence-corrected chi connectivity index (χ2v) is 8.46. The smallest absolute Gasteiger partial charge is 0.234 e. The van der Waals surface area contributed by atoms with Gasteiger partial charge in [0, 0.05) is 43.7 Å². The van der Waals surface area contributed by atoms with Crippen LogP contribution in [0.4, 0.5) is 0 Å². The van der Waals surface area contributed by atoms with Gasteiger partial charge in [0.25, 0.3) is 0 Å². The Bertz CT molecular complexity index is 999. The fraction of sp³-hybridized carbons (Fsp3) is 0.292. The summed E-state index contributed by atoms with van der Waals surface area (Å²) in [6, 6.07) is 19.9. The third-order valence-electron chi connectivity index (χ3n) is 5.33. The fourth-order valence-electron chi connectivity index (χ4n) is 3.58. The summed E-state index contributed by atoms with van der Waals surface area (Å²) in [5.41, 5.74) is 2.98. The number of carbonyl (C=O) groups excluding carboxylic acids is 2. The number of thiazole rings is 1. The molecule has 2 heterocycles. The molecular formula is C24H26N4O2S. The first-order valence-electron chi connectivity index (χ1n) is 10.5. The van der Waals surface area contributed by atoms with Gasteiger partial charge in [-0.3, -0.25) is 14.5 Å². The molecule has 0 saturated carbocycles. The third-order valence-corrected chi connectivity index (χ3v) is 6.27. The van der Waals surface area contributed by atoms with Gasteiger partial charge >= 0.3 is 0 Å². The molecule has 1 aromatic heterocycles. The second-order valence-electron chi connectivity index (χ2n) is 7.61. The Morgan fingerprint density at radius 3 is 2.32 bits per heavy atom. The van der Waals surface area contributed by atoms with Crippen LogP contribution < -0.4 is 5.32 Å². The lowest BCUT2D eigenvalue weighted by molar-refractivity contribution is -0.132. The Hall–Kier alpha value is -3.03. The Morgan fingerprint density at radius 2 is 1.61 bits per heavy atom. The minimum absolute atomic E-state index is 0.0135. The number of amides is 2. The molecule has 4 rings (SSSR count). The van der Waals surface area contributed by atoms with Crippen molar-refractivity contribution < 1.29 is 9.59 Å². The SMILES string of the molecule is O=C(CN1CCN(C(=O)Cc2csc(-c3ccccc3)n2)CC1)NCc1ccccc1. The summed E-state index contributed by atoms with van der Waals surface area (Å²) in [5, 5.41) is 5.87. The molecule has 0 atom stereocenters. The Morgan fingerprint density at radius 1 is 0.935 bits per heavy atom. The molecule has 2 aromatic carbocycles. The highest BCUT2D eigenvalue weighted by molar-refractivity contribution is 7.13. The van der Waals surface area contributed by atoms with E-state index in [1.54, 1.807) is 11.3 Å². The van der Waals surface area contributed by atoms with Crippen molar-refractivity contribution in [2.45, 2.75) is 13.0 Å². The molecule has 160 valence electrons. The maximum absolute atomic E-state index is 12.7. The van der Waals surface area contributed by atoms with Gasteiger partial charge in [-0.05, 0) is 5.56 Å². The van der Waals surface area contributed by atoms with Gasteiger partial charge in [0.15, 0.2) is 0 Å². The van der Waals surface area contributed by atoms with Crippen LogP contribution in [0.2, 0.25) is 0 Å². The molecule has 0 spiro atoms. The van der Waals surface area contributed by atoms with Crippen molar-refractivity contribution in [2.24, 2.45) is 0 Å². The van der Waals surface area contributed by atoms with Crippen molar-refractivity contribution in [2.75, 3.05) is 32.7 Å². The van der Waals surface area contributed by atoms with Gasteiger partial charge in [0.2, 0.25) is 11.8 Å². The second kappa shape index (κ2) is 10.3. The average molecular weight is 435 g/mol. The third kappa shape index (κ3) is 5.99. The number of nitrogens with one attached hydrogen (secondary N) is 1. The first-order chi connectivity index (χ1) is 15.2. The zero-order chi connectivity index (χ0) is 21.5. The number of rotatable bonds is 7. The average Bonchev–Trinajstić information content (AvgIpc) is 3.28. The lowest BCUT2D eigenvalue weighted by atomic mass is 10.2. The molecule has 2 amide bonds. The molecule has 0 aliphatic carbocycles. The van der Waals surface area contributed by atoms with Crippen LogP contribution in [-0.4, -0.2) is 59.3 Å². The molecule has 1 aliphatic heterocycles. The lowest BCUT2D eigenvalue weighted by Gasteiger charge is -2.34. The van der Waals surface area contributed by atoms with E-state index < -0.39 is 0 Å². The molecule has 6 nitrogen and oxygen atoms in total. The van der Waals surface area contributed by atoms with Crippen LogP contribution in [0.3, 0.4) is 0 Å². The topological polar surface area (TPSA) is 65.5 Å². The van der Waals surface area contributed by atoms with Crippen molar-refractivity contribution in [1.82, 2.24) is 20.1 Å². The van der Waals surface area contributed by atoms with Crippen molar-refractivity contribution in [3.63, 3.8) is 0 Å². The van der Waals surface area contributed by atoms with Crippen LogP contribution >= 0.6 is 11.3 Å². The summed E-state index contributed by atoms with van der Waals surface area (Å²) >= 11 is 1.57. The predicted molar refractivity (Wildman–Crippen MR) is 123 cm³/mol. The summed E-state index contributed by atoms with van der Waals surface area (Å²) < 4.78 is 0. The zero-order valence-corrected chi connectivity index (χ0v) is 18.2. The minimum Gasteiger partial charge on any atom is -0.351 e. The van der Waals surface area contributed by atoms with Gasteiger partial charge in [-0.25, -0.2) is 4.98 Å². The highest BCUT2D eigenvalue weighted by Gasteiger charge is 2.23. The molecule has 1 saturated heterocycles. The summed E-state index contributed by atoms with van der Waals surface area (Å²) in [6.07, 6.45) is 0.320. The van der Waals surface area contributed by atoms with Gasteiger partial charge in [-0.2, -0.15) is 0 Å². The molecule has 7 heteroatoms. The molecule has 0 unspecified atom stereocenters. The Balaban J connectivity index is 1.20. The van der Waals surface area contributed by atoms with E-state index in [0.29, 0.717) is 45.7 Å². The van der Waals surface area contributed by atoms with Crippen LogP contribution in [0, 0.1) is 0 Å². The molecule has 1 N–H and O–H groups in total. The van der Waals surface area contributed by atoms with E-state index in [1.807, 2.05) is 70.9 Å². The first kappa shape index (κ1) is 21.2. The maximum Gasteiger partial charge on any atom is 0.234 e. The van der Waals surface area contributed by atoms with E-state index in [2.05, 4.69) is 15.2 Å². The summed E-state index contributed by atoms with van der Waals surface area (Å²) in [7, 11) is 0. The number of piperazine rings is 1. The van der Waals surface area contributed by atoms with E-state index in [0.717, 1.165) is 21.8 Å². The standard InChI is InChI=1S/C24H26N4O2S/c29-22(25-16-19-7-3-1-4-8-19)17-27-11-13-28(14-12-27)23(30)15-21-18-31-24(26-21)20-9-5-2-6-10-20/h1-10,18H,11-17H2,(H,25,29). The first-order valence-corrected chi connectivity index (χ1v) is 11.4. The molecule has 3 aromatic rings. The van der Waals surface area contributed by atoms with Crippen molar-refractivity contribution in [3.05, 3.63) is 77.3 Å². The summed E-state index contributed by atoms with van der Waals surface area (Å²) in [6.45, 7) is 3.59. The highest BCUT2D eigenvalue weighted by atomic mass is 32.1. The van der Waals surface area contributed by atoms with Gasteiger partial charge in [0.05, 0.1) is 18.7 Å². The largest absolute Gasteiger partial charge is 0.351 e. The monoisotopic (exact) mass is 434 g/mol. The van der Waals surface area contributed by atoms with Crippen LogP contribution in [0.15, 0.2) is 66.0 Å². The normalized spacial score (nSPS) is 14.4. The molecule has 1 aliphatic rings. The maximum atomic E-state index is 12.7. The van der Waals surface area contributed by atoms with Gasteiger partial charge in [-0.15, -0.1) is 11.3 Å². The molecule has 0 radical (unpaired) electrons. The number of carbonyl (C=O) groups is 2. The Kier molecular flexibility index (Phi) is 7.07. The van der Waals surface area contributed by atoms with Crippen LogP contribution in [-0.2, 0) is 22.6 Å². The molecular weight excluding hydrogens is 408 g/mol. The number of aromatic nitrogens is 1. The van der Waals surface area contributed by atoms with Crippen molar-refractivity contribution >= 4 is 23.2 Å². The quantitative estimate of drug-likeness (QED) is 0.621. The molecule has 31 heavy (non-hydrogen) atoms. The van der Waals surface area contributed by atoms with Crippen LogP contribution in [0.5, 0.6) is 0 Å². The fourth-order valence-corrected chi connectivity index (χ4v) is 4.40. The highest BCUT2D eigenvalue weighted by Crippen LogP contribution is 2.23. The summed E-state index contributed by atoms with van der Waals surface area (Å²) in [5.74, 6) is 0.109. The number of benzene rings is 2. The van der Waals surface area contributed by atoms with Gasteiger partial charge < -0.3 is 10.2 Å². The number of nitrogens with zero attached hydrogens (tertiary/aromatic N) is 3. The predicted octanol–water partition coefficient (Wildman–Crippen LogP) is 2.81. The van der Waals surface area contributed by atoms with Crippen LogP contribution in [0.25, 0.3) is 10.6 Å². The van der Waals surface area contributed by atoms with E-state index >= 15 is 0 Å². The van der Waals surface area contributed by atoms with E-state index in [4.69, 9.17) is 0 Å². The van der Waals surface area contributed by atoms with E-state index in [-0.39, 0.29) is 11.8 Å². The van der Waals surface area contributed by atoms with E-state index in [1.165, 1.54) is 0 Å². The zero-order valence-electron chi connectivity index (χ0n) is 17.4. The minimum atomic E-state index is 0.0135. The van der Waals surface area contributed by atoms with Crippen molar-refractivity contribution in [1.29, 1.82) is 0 Å². The Labute approximate surface area is 186 Å². The molecule has 1 fully saturated rings. The number of hydrogen-bond acceptors (Lipinski definition) is 5. The molecule has 0 bridgehead atoms. The van der Waals surface area contributed by atoms with Gasteiger partial charge in [-0.1, -0.05) is 60.7 Å². The van der Waals surface area contributed by atoms with Crippen LogP contribution in [0.1, 0.15) is 11.3 Å². The summed E-state index contributed by atoms with van der Waals surface area (Å²) in [4.78, 5) is 33.5. The van der Waals surface area contributed by atoms with Gasteiger partial charge in [0.1, 0.15) is 5.01 Å².